The molecule has 0 saturated carbocycles. The molecule has 18 heavy (non-hydrogen) atoms. The van der Waals surface area contributed by atoms with E-state index in [1.807, 2.05) is 0 Å². The van der Waals surface area contributed by atoms with Crippen molar-refractivity contribution in [1.29, 1.82) is 5.26 Å². The van der Waals surface area contributed by atoms with Gasteiger partial charge >= 0.3 is 5.97 Å². The van der Waals surface area contributed by atoms with Crippen LogP contribution in [0.15, 0.2) is 18.2 Å². The summed E-state index contributed by atoms with van der Waals surface area (Å²) >= 11 is 0. The Morgan fingerprint density at radius 1 is 1.56 bits per heavy atom. The smallest absolute Gasteiger partial charge is 0.305 e. The molecule has 94 valence electrons. The van der Waals surface area contributed by atoms with Crippen molar-refractivity contribution in [3.8, 4) is 6.07 Å². The van der Waals surface area contributed by atoms with Crippen LogP contribution in [0.3, 0.4) is 0 Å². The molecule has 1 unspecified atom stereocenters. The first-order valence-corrected chi connectivity index (χ1v) is 4.92. The molecule has 1 aromatic carbocycles. The molecule has 6 nitrogen and oxygen atoms in total. The number of anilines is 1. The summed E-state index contributed by atoms with van der Waals surface area (Å²) < 4.78 is 12.8. The van der Waals surface area contributed by atoms with Crippen molar-refractivity contribution in [3.05, 3.63) is 29.6 Å². The number of amides is 1. The van der Waals surface area contributed by atoms with Crippen LogP contribution in [-0.2, 0) is 9.59 Å². The van der Waals surface area contributed by atoms with E-state index in [9.17, 15) is 14.0 Å². The van der Waals surface area contributed by atoms with E-state index >= 15 is 0 Å². The van der Waals surface area contributed by atoms with Crippen molar-refractivity contribution < 1.29 is 19.1 Å². The fourth-order valence-corrected chi connectivity index (χ4v) is 1.22. The summed E-state index contributed by atoms with van der Waals surface area (Å²) in [7, 11) is 0. The second kappa shape index (κ2) is 5.75. The number of aliphatic carboxylic acids is 1. The number of carboxylic acid groups (broad SMARTS) is 1. The van der Waals surface area contributed by atoms with E-state index in [-0.39, 0.29) is 11.3 Å². The first-order chi connectivity index (χ1) is 8.43. The summed E-state index contributed by atoms with van der Waals surface area (Å²) in [4.78, 5) is 21.9. The summed E-state index contributed by atoms with van der Waals surface area (Å²) in [5, 5.41) is 19.5. The Bertz CT molecular complexity index is 525. The van der Waals surface area contributed by atoms with Gasteiger partial charge in [0, 0.05) is 0 Å². The van der Waals surface area contributed by atoms with Crippen LogP contribution in [0.2, 0.25) is 0 Å². The molecule has 4 N–H and O–H groups in total. The largest absolute Gasteiger partial charge is 0.481 e. The fourth-order valence-electron chi connectivity index (χ4n) is 1.22. The highest BCUT2D eigenvalue weighted by Gasteiger charge is 2.18. The molecule has 0 saturated heterocycles. The van der Waals surface area contributed by atoms with Gasteiger partial charge in [0.2, 0.25) is 5.91 Å². The zero-order valence-electron chi connectivity index (χ0n) is 9.18. The molecule has 0 spiro atoms. The number of carboxylic acids is 1. The first kappa shape index (κ1) is 13.6. The Balaban J connectivity index is 2.82. The van der Waals surface area contributed by atoms with E-state index in [1.165, 1.54) is 6.07 Å². The minimum absolute atomic E-state index is 0.0640. The van der Waals surface area contributed by atoms with Crippen molar-refractivity contribution >= 4 is 17.6 Å². The van der Waals surface area contributed by atoms with Gasteiger partial charge in [-0.05, 0) is 18.2 Å². The van der Waals surface area contributed by atoms with Crippen LogP contribution in [0.5, 0.6) is 0 Å². The quantitative estimate of drug-likeness (QED) is 0.717. The molecule has 0 radical (unpaired) electrons. The van der Waals surface area contributed by atoms with Crippen molar-refractivity contribution in [1.82, 2.24) is 0 Å². The van der Waals surface area contributed by atoms with Gasteiger partial charge in [0.25, 0.3) is 0 Å². The van der Waals surface area contributed by atoms with Crippen LogP contribution in [0.25, 0.3) is 0 Å². The number of nitrogens with zero attached hydrogens (tertiary/aromatic N) is 1. The molecule has 0 bridgehead atoms. The Morgan fingerprint density at radius 3 is 2.78 bits per heavy atom. The number of nitrogens with two attached hydrogens (primary N) is 1. The average Bonchev–Trinajstić information content (AvgIpc) is 2.30. The predicted molar refractivity (Wildman–Crippen MR) is 60.0 cm³/mol. The SMILES string of the molecule is N#Cc1cc(F)ccc1NC(=O)C(N)CC(=O)O. The number of carbonyl (C=O) groups excluding carboxylic acids is 1. The molecule has 1 aromatic rings. The van der Waals surface area contributed by atoms with Crippen LogP contribution in [-0.4, -0.2) is 23.0 Å². The third-order valence-electron chi connectivity index (χ3n) is 2.09. The molecule has 0 aromatic heterocycles. The predicted octanol–water partition coefficient (Wildman–Crippen LogP) is 0.438. The van der Waals surface area contributed by atoms with E-state index in [0.29, 0.717) is 0 Å². The zero-order valence-corrected chi connectivity index (χ0v) is 9.18. The van der Waals surface area contributed by atoms with Gasteiger partial charge in [-0.25, -0.2) is 4.39 Å². The summed E-state index contributed by atoms with van der Waals surface area (Å²) in [6, 6.07) is 3.71. The van der Waals surface area contributed by atoms with Gasteiger partial charge in [0.1, 0.15) is 11.9 Å². The number of hydrogen-bond donors (Lipinski definition) is 3. The van der Waals surface area contributed by atoms with E-state index in [2.05, 4.69) is 5.32 Å². The van der Waals surface area contributed by atoms with Gasteiger partial charge in [0.15, 0.2) is 0 Å². The number of benzene rings is 1. The molecule has 0 aliphatic heterocycles. The Kier molecular flexibility index (Phi) is 4.34. The van der Waals surface area contributed by atoms with E-state index in [4.69, 9.17) is 16.1 Å². The summed E-state index contributed by atoms with van der Waals surface area (Å²) in [5.74, 6) is -2.57. The highest BCUT2D eigenvalue weighted by molar-refractivity contribution is 5.97. The number of nitriles is 1. The zero-order chi connectivity index (χ0) is 13.7. The van der Waals surface area contributed by atoms with Gasteiger partial charge in [-0.1, -0.05) is 0 Å². The maximum absolute atomic E-state index is 12.8. The third kappa shape index (κ3) is 3.54. The second-order valence-electron chi connectivity index (χ2n) is 3.50. The fraction of sp³-hybridized carbons (Fsp3) is 0.182. The normalized spacial score (nSPS) is 11.4. The van der Waals surface area contributed by atoms with Crippen molar-refractivity contribution in [3.63, 3.8) is 0 Å². The van der Waals surface area contributed by atoms with Crippen molar-refractivity contribution in [2.45, 2.75) is 12.5 Å². The first-order valence-electron chi connectivity index (χ1n) is 4.92. The van der Waals surface area contributed by atoms with Gasteiger partial charge < -0.3 is 16.2 Å². The lowest BCUT2D eigenvalue weighted by Gasteiger charge is -2.11. The molecule has 0 heterocycles. The van der Waals surface area contributed by atoms with Crippen LogP contribution in [0.4, 0.5) is 10.1 Å². The highest BCUT2D eigenvalue weighted by Crippen LogP contribution is 2.16. The summed E-state index contributed by atoms with van der Waals surface area (Å²) in [6.45, 7) is 0. The van der Waals surface area contributed by atoms with Crippen LogP contribution >= 0.6 is 0 Å². The number of carbonyl (C=O) groups is 2. The van der Waals surface area contributed by atoms with Crippen LogP contribution in [0, 0.1) is 17.1 Å². The molecule has 1 atom stereocenters. The molecule has 0 fully saturated rings. The maximum Gasteiger partial charge on any atom is 0.305 e. The maximum atomic E-state index is 12.8. The van der Waals surface area contributed by atoms with Gasteiger partial charge in [-0.3, -0.25) is 9.59 Å². The molecule has 7 heteroatoms. The monoisotopic (exact) mass is 251 g/mol. The van der Waals surface area contributed by atoms with Gasteiger partial charge in [0.05, 0.1) is 23.7 Å². The lowest BCUT2D eigenvalue weighted by atomic mass is 10.1. The molecule has 1 amide bonds. The molecule has 0 aliphatic rings. The number of rotatable bonds is 4. The highest BCUT2D eigenvalue weighted by atomic mass is 19.1. The molecular formula is C11H10FN3O3. The number of hydrogen-bond acceptors (Lipinski definition) is 4. The molecular weight excluding hydrogens is 241 g/mol. The second-order valence-corrected chi connectivity index (χ2v) is 3.50. The Labute approximate surface area is 102 Å². The molecule has 0 aliphatic carbocycles. The lowest BCUT2D eigenvalue weighted by Crippen LogP contribution is -2.37. The van der Waals surface area contributed by atoms with Crippen molar-refractivity contribution in [2.75, 3.05) is 5.32 Å². The van der Waals surface area contributed by atoms with E-state index < -0.39 is 30.2 Å². The molecule has 1 rings (SSSR count). The average molecular weight is 251 g/mol. The van der Waals surface area contributed by atoms with Crippen LogP contribution < -0.4 is 11.1 Å². The van der Waals surface area contributed by atoms with E-state index in [0.717, 1.165) is 12.1 Å². The minimum atomic E-state index is -1.24. The summed E-state index contributed by atoms with van der Waals surface area (Å²) in [5.41, 5.74) is 5.36. The number of nitrogens with one attached hydrogen (secondary N) is 1. The van der Waals surface area contributed by atoms with Crippen LogP contribution in [0.1, 0.15) is 12.0 Å². The Morgan fingerprint density at radius 2 is 2.22 bits per heavy atom. The third-order valence-corrected chi connectivity index (χ3v) is 2.09. The van der Waals surface area contributed by atoms with Gasteiger partial charge in [-0.15, -0.1) is 0 Å². The topological polar surface area (TPSA) is 116 Å². The standard InChI is InChI=1S/C11H10FN3O3/c12-7-1-2-9(6(3-7)5-13)15-11(18)8(14)4-10(16)17/h1-3,8H,4,14H2,(H,15,18)(H,16,17). The Hall–Kier alpha value is -2.46. The van der Waals surface area contributed by atoms with Crippen molar-refractivity contribution in [2.24, 2.45) is 5.73 Å². The van der Waals surface area contributed by atoms with Gasteiger partial charge in [-0.2, -0.15) is 5.26 Å². The lowest BCUT2D eigenvalue weighted by molar-refractivity contribution is -0.138. The minimum Gasteiger partial charge on any atom is -0.481 e. The summed E-state index contributed by atoms with van der Waals surface area (Å²) in [6.07, 6.45) is -0.533. The van der Waals surface area contributed by atoms with E-state index in [1.54, 1.807) is 6.07 Å². The number of halogens is 1.